The van der Waals surface area contributed by atoms with Crippen LogP contribution in [0.15, 0.2) is 18.2 Å². The molecule has 1 aromatic rings. The molecule has 1 aromatic carbocycles. The summed E-state index contributed by atoms with van der Waals surface area (Å²) in [6, 6.07) is 5.27. The van der Waals surface area contributed by atoms with Crippen molar-refractivity contribution < 1.29 is 22.6 Å². The summed E-state index contributed by atoms with van der Waals surface area (Å²) in [5.74, 6) is 0.296. The number of benzene rings is 1. The zero-order chi connectivity index (χ0) is 14.3. The standard InChI is InChI=1S/C13H18F3NO2/c1-10-4-3-5-11(8-17-6-7-18-2)12(10)19-9-13(14,15)16/h3-5,17H,6-9H2,1-2H3. The van der Waals surface area contributed by atoms with E-state index in [0.29, 0.717) is 36.6 Å². The normalized spacial score (nSPS) is 11.6. The highest BCUT2D eigenvalue weighted by molar-refractivity contribution is 5.40. The quantitative estimate of drug-likeness (QED) is 0.777. The second kappa shape index (κ2) is 7.35. The molecule has 0 atom stereocenters. The third-order valence-corrected chi connectivity index (χ3v) is 2.47. The Morgan fingerprint density at radius 1 is 1.26 bits per heavy atom. The monoisotopic (exact) mass is 277 g/mol. The molecule has 0 aliphatic carbocycles. The van der Waals surface area contributed by atoms with Crippen molar-refractivity contribution in [2.24, 2.45) is 0 Å². The minimum absolute atomic E-state index is 0.296. The first-order valence-corrected chi connectivity index (χ1v) is 5.91. The molecule has 0 fully saturated rings. The maximum Gasteiger partial charge on any atom is 0.422 e. The molecule has 0 aliphatic heterocycles. The number of rotatable bonds is 7. The van der Waals surface area contributed by atoms with Crippen molar-refractivity contribution in [2.45, 2.75) is 19.6 Å². The van der Waals surface area contributed by atoms with Crippen LogP contribution in [0.4, 0.5) is 13.2 Å². The Bertz CT molecular complexity index is 394. The molecule has 0 aromatic heterocycles. The Morgan fingerprint density at radius 3 is 2.63 bits per heavy atom. The fourth-order valence-electron chi connectivity index (χ4n) is 1.61. The van der Waals surface area contributed by atoms with Crippen molar-refractivity contribution in [1.82, 2.24) is 5.32 Å². The molecule has 19 heavy (non-hydrogen) atoms. The van der Waals surface area contributed by atoms with E-state index >= 15 is 0 Å². The molecule has 0 aliphatic rings. The van der Waals surface area contributed by atoms with Gasteiger partial charge in [-0.1, -0.05) is 18.2 Å². The van der Waals surface area contributed by atoms with Crippen LogP contribution in [0.5, 0.6) is 5.75 Å². The Balaban J connectivity index is 2.66. The van der Waals surface area contributed by atoms with Crippen LogP contribution in [0.2, 0.25) is 0 Å². The van der Waals surface area contributed by atoms with Crippen LogP contribution in [0.25, 0.3) is 0 Å². The van der Waals surface area contributed by atoms with E-state index in [0.717, 1.165) is 0 Å². The van der Waals surface area contributed by atoms with Crippen LogP contribution in [-0.2, 0) is 11.3 Å². The Labute approximate surface area is 110 Å². The number of ether oxygens (including phenoxy) is 2. The molecular formula is C13H18F3NO2. The predicted octanol–water partition coefficient (Wildman–Crippen LogP) is 2.67. The molecule has 0 amide bonds. The number of hydrogen-bond acceptors (Lipinski definition) is 3. The molecule has 1 rings (SSSR count). The van der Waals surface area contributed by atoms with Crippen LogP contribution >= 0.6 is 0 Å². The van der Waals surface area contributed by atoms with E-state index in [1.54, 1.807) is 32.2 Å². The van der Waals surface area contributed by atoms with Gasteiger partial charge in [0.2, 0.25) is 0 Å². The summed E-state index contributed by atoms with van der Waals surface area (Å²) in [4.78, 5) is 0. The minimum Gasteiger partial charge on any atom is -0.484 e. The second-order valence-corrected chi connectivity index (χ2v) is 4.14. The van der Waals surface area contributed by atoms with Crippen LogP contribution in [0, 0.1) is 6.92 Å². The van der Waals surface area contributed by atoms with E-state index in [1.165, 1.54) is 0 Å². The number of halogens is 3. The lowest BCUT2D eigenvalue weighted by Gasteiger charge is -2.15. The van der Waals surface area contributed by atoms with Gasteiger partial charge < -0.3 is 14.8 Å². The highest BCUT2D eigenvalue weighted by atomic mass is 19.4. The fourth-order valence-corrected chi connectivity index (χ4v) is 1.61. The fraction of sp³-hybridized carbons (Fsp3) is 0.538. The van der Waals surface area contributed by atoms with Gasteiger partial charge in [0, 0.05) is 25.8 Å². The summed E-state index contributed by atoms with van der Waals surface area (Å²) in [5.41, 5.74) is 1.40. The average molecular weight is 277 g/mol. The van der Waals surface area contributed by atoms with Gasteiger partial charge in [0.1, 0.15) is 5.75 Å². The number of aryl methyl sites for hydroxylation is 1. The van der Waals surface area contributed by atoms with Crippen molar-refractivity contribution >= 4 is 0 Å². The number of alkyl halides is 3. The minimum atomic E-state index is -4.33. The van der Waals surface area contributed by atoms with Crippen LogP contribution in [0.1, 0.15) is 11.1 Å². The van der Waals surface area contributed by atoms with E-state index in [-0.39, 0.29) is 0 Å². The Morgan fingerprint density at radius 2 is 2.00 bits per heavy atom. The molecule has 1 N–H and O–H groups in total. The van der Waals surface area contributed by atoms with Gasteiger partial charge in [0.15, 0.2) is 6.61 Å². The van der Waals surface area contributed by atoms with Crippen molar-refractivity contribution in [2.75, 3.05) is 26.9 Å². The maximum absolute atomic E-state index is 12.2. The van der Waals surface area contributed by atoms with E-state index in [1.807, 2.05) is 0 Å². The number of hydrogen-bond donors (Lipinski definition) is 1. The number of para-hydroxylation sites is 1. The summed E-state index contributed by atoms with van der Waals surface area (Å²) in [6.07, 6.45) is -4.33. The lowest BCUT2D eigenvalue weighted by molar-refractivity contribution is -0.153. The molecule has 0 unspecified atom stereocenters. The second-order valence-electron chi connectivity index (χ2n) is 4.14. The van der Waals surface area contributed by atoms with Gasteiger partial charge in [-0.05, 0) is 12.5 Å². The summed E-state index contributed by atoms with van der Waals surface area (Å²) in [6.45, 7) is 2.07. The first kappa shape index (κ1) is 15.8. The topological polar surface area (TPSA) is 30.5 Å². The Kier molecular flexibility index (Phi) is 6.11. The Hall–Kier alpha value is -1.27. The SMILES string of the molecule is COCCNCc1cccc(C)c1OCC(F)(F)F. The smallest absolute Gasteiger partial charge is 0.422 e. The van der Waals surface area contributed by atoms with Crippen molar-refractivity contribution in [3.05, 3.63) is 29.3 Å². The maximum atomic E-state index is 12.2. The first-order chi connectivity index (χ1) is 8.94. The van der Waals surface area contributed by atoms with E-state index in [4.69, 9.17) is 9.47 Å². The van der Waals surface area contributed by atoms with Crippen molar-refractivity contribution in [3.63, 3.8) is 0 Å². The third kappa shape index (κ3) is 5.94. The molecular weight excluding hydrogens is 259 g/mol. The van der Waals surface area contributed by atoms with Crippen LogP contribution in [-0.4, -0.2) is 33.0 Å². The van der Waals surface area contributed by atoms with Gasteiger partial charge in [-0.3, -0.25) is 0 Å². The molecule has 0 saturated carbocycles. The lowest BCUT2D eigenvalue weighted by Crippen LogP contribution is -2.22. The van der Waals surface area contributed by atoms with Gasteiger partial charge in [0.05, 0.1) is 6.61 Å². The van der Waals surface area contributed by atoms with Gasteiger partial charge in [0.25, 0.3) is 0 Å². The molecule has 6 heteroatoms. The molecule has 0 radical (unpaired) electrons. The third-order valence-electron chi connectivity index (χ3n) is 2.47. The lowest BCUT2D eigenvalue weighted by atomic mass is 10.1. The molecule has 3 nitrogen and oxygen atoms in total. The van der Waals surface area contributed by atoms with E-state index < -0.39 is 12.8 Å². The van der Waals surface area contributed by atoms with Crippen LogP contribution < -0.4 is 10.1 Å². The summed E-state index contributed by atoms with van der Waals surface area (Å²) in [5, 5.41) is 3.08. The number of nitrogens with one attached hydrogen (secondary N) is 1. The largest absolute Gasteiger partial charge is 0.484 e. The van der Waals surface area contributed by atoms with E-state index in [2.05, 4.69) is 5.32 Å². The number of methoxy groups -OCH3 is 1. The summed E-state index contributed by atoms with van der Waals surface area (Å²) < 4.78 is 46.4. The molecule has 0 heterocycles. The summed E-state index contributed by atoms with van der Waals surface area (Å²) >= 11 is 0. The van der Waals surface area contributed by atoms with Crippen molar-refractivity contribution in [3.8, 4) is 5.75 Å². The predicted molar refractivity (Wildman–Crippen MR) is 66.3 cm³/mol. The highest BCUT2D eigenvalue weighted by Crippen LogP contribution is 2.26. The van der Waals surface area contributed by atoms with Crippen molar-refractivity contribution in [1.29, 1.82) is 0 Å². The zero-order valence-electron chi connectivity index (χ0n) is 11.0. The summed E-state index contributed by atoms with van der Waals surface area (Å²) in [7, 11) is 1.59. The molecule has 0 spiro atoms. The van der Waals surface area contributed by atoms with Gasteiger partial charge in [-0.2, -0.15) is 13.2 Å². The van der Waals surface area contributed by atoms with Gasteiger partial charge in [-0.15, -0.1) is 0 Å². The van der Waals surface area contributed by atoms with Gasteiger partial charge in [-0.25, -0.2) is 0 Å². The van der Waals surface area contributed by atoms with E-state index in [9.17, 15) is 13.2 Å². The molecule has 0 bridgehead atoms. The zero-order valence-corrected chi connectivity index (χ0v) is 11.0. The highest BCUT2D eigenvalue weighted by Gasteiger charge is 2.29. The average Bonchev–Trinajstić information content (AvgIpc) is 2.32. The first-order valence-electron chi connectivity index (χ1n) is 5.91. The van der Waals surface area contributed by atoms with Gasteiger partial charge >= 0.3 is 6.18 Å². The van der Waals surface area contributed by atoms with Crippen LogP contribution in [0.3, 0.4) is 0 Å². The molecule has 0 saturated heterocycles. The molecule has 108 valence electrons.